The molecule has 4 nitrogen and oxygen atoms in total. The average Bonchev–Trinajstić information content (AvgIpc) is 3.12. The summed E-state index contributed by atoms with van der Waals surface area (Å²) in [4.78, 5) is 3.40. The molecule has 0 bridgehead atoms. The van der Waals surface area contributed by atoms with Crippen molar-refractivity contribution in [1.82, 2.24) is 4.90 Å². The van der Waals surface area contributed by atoms with Gasteiger partial charge in [-0.2, -0.15) is 0 Å². The highest BCUT2D eigenvalue weighted by Crippen LogP contribution is 2.27. The Kier molecular flexibility index (Phi) is 5.49. The smallest absolute Gasteiger partial charge is 0.151 e. The van der Waals surface area contributed by atoms with Crippen LogP contribution in [0, 0.1) is 0 Å². The van der Waals surface area contributed by atoms with Crippen molar-refractivity contribution in [2.45, 2.75) is 25.6 Å². The fourth-order valence-electron chi connectivity index (χ4n) is 2.98. The third-order valence-corrected chi connectivity index (χ3v) is 7.22. The highest BCUT2D eigenvalue weighted by atomic mass is 35.5. The molecular formula is C17H20ClNO3S2. The van der Waals surface area contributed by atoms with Gasteiger partial charge in [0.05, 0.1) is 23.0 Å². The van der Waals surface area contributed by atoms with Crippen LogP contribution in [-0.2, 0) is 22.9 Å². The Balaban J connectivity index is 1.78. The zero-order chi connectivity index (χ0) is 17.2. The van der Waals surface area contributed by atoms with Crippen molar-refractivity contribution in [3.8, 4) is 5.75 Å². The third-order valence-electron chi connectivity index (χ3n) is 4.26. The molecule has 2 heterocycles. The fraction of sp³-hybridized carbons (Fsp3) is 0.412. The summed E-state index contributed by atoms with van der Waals surface area (Å²) < 4.78 is 29.7. The van der Waals surface area contributed by atoms with Crippen LogP contribution >= 0.6 is 22.9 Å². The molecular weight excluding hydrogens is 366 g/mol. The monoisotopic (exact) mass is 385 g/mol. The summed E-state index contributed by atoms with van der Waals surface area (Å²) in [5.74, 6) is 1.34. The SMILES string of the molecule is COc1ccc(CN(Cc2ccc(Cl)s2)C2CCS(=O)(=O)C2)cc1. The first-order chi connectivity index (χ1) is 11.4. The molecule has 2 aromatic rings. The highest BCUT2D eigenvalue weighted by molar-refractivity contribution is 7.91. The number of benzene rings is 1. The van der Waals surface area contributed by atoms with Gasteiger partial charge in [-0.05, 0) is 36.2 Å². The molecule has 1 fully saturated rings. The topological polar surface area (TPSA) is 46.6 Å². The van der Waals surface area contributed by atoms with Crippen molar-refractivity contribution in [3.05, 3.63) is 51.2 Å². The second-order valence-corrected chi connectivity index (χ2v) is 10.0. The minimum Gasteiger partial charge on any atom is -0.497 e. The van der Waals surface area contributed by atoms with E-state index in [-0.39, 0.29) is 17.5 Å². The number of halogens is 1. The van der Waals surface area contributed by atoms with E-state index in [1.54, 1.807) is 18.4 Å². The van der Waals surface area contributed by atoms with Crippen molar-refractivity contribution in [1.29, 1.82) is 0 Å². The molecule has 0 radical (unpaired) electrons. The van der Waals surface area contributed by atoms with Crippen LogP contribution in [0.2, 0.25) is 4.34 Å². The van der Waals surface area contributed by atoms with E-state index < -0.39 is 9.84 Å². The summed E-state index contributed by atoms with van der Waals surface area (Å²) >= 11 is 7.58. The van der Waals surface area contributed by atoms with Crippen LogP contribution in [0.1, 0.15) is 16.9 Å². The van der Waals surface area contributed by atoms with Crippen LogP contribution in [0.3, 0.4) is 0 Å². The second kappa shape index (κ2) is 7.44. The summed E-state index contributed by atoms with van der Waals surface area (Å²) in [5.41, 5.74) is 1.14. The maximum absolute atomic E-state index is 11.9. The summed E-state index contributed by atoms with van der Waals surface area (Å²) in [6, 6.07) is 11.9. The van der Waals surface area contributed by atoms with Gasteiger partial charge in [0.1, 0.15) is 5.75 Å². The van der Waals surface area contributed by atoms with Crippen molar-refractivity contribution >= 4 is 32.8 Å². The number of rotatable bonds is 6. The van der Waals surface area contributed by atoms with E-state index in [4.69, 9.17) is 16.3 Å². The molecule has 24 heavy (non-hydrogen) atoms. The number of hydrogen-bond donors (Lipinski definition) is 0. The molecule has 0 N–H and O–H groups in total. The number of nitrogens with zero attached hydrogens (tertiary/aromatic N) is 1. The molecule has 1 aliphatic rings. The minimum absolute atomic E-state index is 0.0537. The van der Waals surface area contributed by atoms with Crippen LogP contribution < -0.4 is 4.74 Å². The molecule has 1 aliphatic heterocycles. The Labute approximate surface area is 151 Å². The lowest BCUT2D eigenvalue weighted by atomic mass is 10.1. The second-order valence-electron chi connectivity index (χ2n) is 6.02. The van der Waals surface area contributed by atoms with E-state index >= 15 is 0 Å². The van der Waals surface area contributed by atoms with Crippen molar-refractivity contribution in [2.24, 2.45) is 0 Å². The van der Waals surface area contributed by atoms with Gasteiger partial charge in [-0.25, -0.2) is 8.42 Å². The molecule has 1 atom stereocenters. The van der Waals surface area contributed by atoms with Gasteiger partial charge >= 0.3 is 0 Å². The van der Waals surface area contributed by atoms with Gasteiger partial charge in [0.2, 0.25) is 0 Å². The van der Waals surface area contributed by atoms with Gasteiger partial charge in [0.15, 0.2) is 9.84 Å². The van der Waals surface area contributed by atoms with Crippen molar-refractivity contribution in [3.63, 3.8) is 0 Å². The Hall–Kier alpha value is -1.08. The molecule has 0 amide bonds. The molecule has 1 aromatic carbocycles. The number of hydrogen-bond acceptors (Lipinski definition) is 5. The van der Waals surface area contributed by atoms with E-state index in [0.29, 0.717) is 19.5 Å². The Morgan fingerprint density at radius 2 is 1.96 bits per heavy atom. The molecule has 0 spiro atoms. The van der Waals surface area contributed by atoms with E-state index in [1.807, 2.05) is 36.4 Å². The van der Waals surface area contributed by atoms with Gasteiger partial charge in [-0.1, -0.05) is 23.7 Å². The predicted octanol–water partition coefficient (Wildman–Crippen LogP) is 3.60. The predicted molar refractivity (Wildman–Crippen MR) is 98.6 cm³/mol. The van der Waals surface area contributed by atoms with E-state index in [2.05, 4.69) is 4.90 Å². The zero-order valence-corrected chi connectivity index (χ0v) is 15.8. The fourth-order valence-corrected chi connectivity index (χ4v) is 5.85. The maximum Gasteiger partial charge on any atom is 0.151 e. The first-order valence-electron chi connectivity index (χ1n) is 7.77. The van der Waals surface area contributed by atoms with E-state index in [1.165, 1.54) is 0 Å². The van der Waals surface area contributed by atoms with Crippen LogP contribution in [0.15, 0.2) is 36.4 Å². The normalized spacial score (nSPS) is 19.7. The minimum atomic E-state index is -2.91. The lowest BCUT2D eigenvalue weighted by Gasteiger charge is -2.27. The van der Waals surface area contributed by atoms with Crippen LogP contribution in [0.4, 0.5) is 0 Å². The molecule has 1 aromatic heterocycles. The molecule has 1 saturated heterocycles. The van der Waals surface area contributed by atoms with Gasteiger partial charge < -0.3 is 4.74 Å². The molecule has 0 aliphatic carbocycles. The van der Waals surface area contributed by atoms with Crippen LogP contribution in [-0.4, -0.2) is 38.0 Å². The summed E-state index contributed by atoms with van der Waals surface area (Å²) in [6.45, 7) is 1.42. The first-order valence-corrected chi connectivity index (χ1v) is 10.8. The van der Waals surface area contributed by atoms with E-state index in [9.17, 15) is 8.42 Å². The van der Waals surface area contributed by atoms with Gasteiger partial charge in [0.25, 0.3) is 0 Å². The average molecular weight is 386 g/mol. The summed E-state index contributed by atoms with van der Waals surface area (Å²) in [6.07, 6.45) is 0.692. The Morgan fingerprint density at radius 1 is 1.21 bits per heavy atom. The summed E-state index contributed by atoms with van der Waals surface area (Å²) in [5, 5.41) is 0. The Morgan fingerprint density at radius 3 is 2.50 bits per heavy atom. The third kappa shape index (κ3) is 4.51. The number of methoxy groups -OCH3 is 1. The molecule has 1 unspecified atom stereocenters. The highest BCUT2D eigenvalue weighted by Gasteiger charge is 2.32. The van der Waals surface area contributed by atoms with E-state index in [0.717, 1.165) is 20.5 Å². The largest absolute Gasteiger partial charge is 0.497 e. The standard InChI is InChI=1S/C17H20ClNO3S2/c1-22-15-4-2-13(3-5-15)10-19(11-16-6-7-17(18)23-16)14-8-9-24(20,21)12-14/h2-7,14H,8-12H2,1H3. The van der Waals surface area contributed by atoms with Crippen LogP contribution in [0.5, 0.6) is 5.75 Å². The molecule has 7 heteroatoms. The quantitative estimate of drug-likeness (QED) is 0.762. The molecule has 3 rings (SSSR count). The molecule has 0 saturated carbocycles. The molecule has 130 valence electrons. The first kappa shape index (κ1) is 17.7. The summed E-state index contributed by atoms with van der Waals surface area (Å²) in [7, 11) is -1.27. The maximum atomic E-state index is 11.9. The lowest BCUT2D eigenvalue weighted by Crippen LogP contribution is -2.35. The number of thiophene rings is 1. The van der Waals surface area contributed by atoms with Crippen molar-refractivity contribution in [2.75, 3.05) is 18.6 Å². The van der Waals surface area contributed by atoms with Crippen molar-refractivity contribution < 1.29 is 13.2 Å². The van der Waals surface area contributed by atoms with Gasteiger partial charge in [-0.15, -0.1) is 11.3 Å². The Bertz CT molecular complexity index is 786. The number of sulfone groups is 1. The van der Waals surface area contributed by atoms with Crippen LogP contribution in [0.25, 0.3) is 0 Å². The lowest BCUT2D eigenvalue weighted by molar-refractivity contribution is 0.196. The zero-order valence-electron chi connectivity index (χ0n) is 13.4. The van der Waals surface area contributed by atoms with Gasteiger partial charge in [0, 0.05) is 24.0 Å². The number of ether oxygens (including phenoxy) is 1. The van der Waals surface area contributed by atoms with Gasteiger partial charge in [-0.3, -0.25) is 4.90 Å².